The number of nitrogens with one attached hydrogen (secondary N) is 1. The van der Waals surface area contributed by atoms with Crippen LogP contribution in [0.1, 0.15) is 23.1 Å². The van der Waals surface area contributed by atoms with Gasteiger partial charge in [-0.25, -0.2) is 0 Å². The molecule has 4 nitrogen and oxygen atoms in total. The molecule has 0 unspecified atom stereocenters. The summed E-state index contributed by atoms with van der Waals surface area (Å²) in [7, 11) is 1.68. The zero-order chi connectivity index (χ0) is 17.2. The van der Waals surface area contributed by atoms with E-state index in [1.54, 1.807) is 7.11 Å². The molecule has 2 aliphatic rings. The van der Waals surface area contributed by atoms with E-state index in [9.17, 15) is 4.79 Å². The molecule has 4 rings (SSSR count). The summed E-state index contributed by atoms with van der Waals surface area (Å²) in [4.78, 5) is 14.9. The van der Waals surface area contributed by atoms with Crippen LogP contribution < -0.4 is 10.1 Å². The monoisotopic (exact) mass is 334 g/mol. The molecule has 4 heteroatoms. The first-order valence-corrected chi connectivity index (χ1v) is 8.74. The van der Waals surface area contributed by atoms with Gasteiger partial charge in [-0.2, -0.15) is 0 Å². The van der Waals surface area contributed by atoms with Crippen LogP contribution in [0.2, 0.25) is 0 Å². The van der Waals surface area contributed by atoms with Gasteiger partial charge >= 0.3 is 0 Å². The van der Waals surface area contributed by atoms with Crippen LogP contribution in [0.25, 0.3) is 5.70 Å². The van der Waals surface area contributed by atoms with Crippen LogP contribution in [0.5, 0.6) is 5.75 Å². The van der Waals surface area contributed by atoms with Crippen LogP contribution in [-0.2, 0) is 17.8 Å². The number of carbonyl (C=O) groups is 1. The van der Waals surface area contributed by atoms with Crippen molar-refractivity contribution in [1.29, 1.82) is 0 Å². The first-order valence-electron chi connectivity index (χ1n) is 8.74. The van der Waals surface area contributed by atoms with Crippen LogP contribution in [0.15, 0.2) is 54.1 Å². The smallest absolute Gasteiger partial charge is 0.249 e. The van der Waals surface area contributed by atoms with Gasteiger partial charge in [0.1, 0.15) is 5.75 Å². The SMILES string of the molecule is COc1ccc2c(c1)C1=C(CC2)C(=O)NCCN1Cc1ccccc1. The first kappa shape index (κ1) is 15.8. The topological polar surface area (TPSA) is 41.6 Å². The molecule has 25 heavy (non-hydrogen) atoms. The Morgan fingerprint density at radius 1 is 1.12 bits per heavy atom. The number of aryl methyl sites for hydroxylation is 1. The summed E-state index contributed by atoms with van der Waals surface area (Å²) >= 11 is 0. The van der Waals surface area contributed by atoms with E-state index in [1.807, 2.05) is 12.1 Å². The maximum Gasteiger partial charge on any atom is 0.249 e. The quantitative estimate of drug-likeness (QED) is 0.938. The Balaban J connectivity index is 1.81. The predicted octanol–water partition coefficient (Wildman–Crippen LogP) is 2.98. The average Bonchev–Trinajstić information content (AvgIpc) is 2.81. The zero-order valence-electron chi connectivity index (χ0n) is 14.4. The minimum atomic E-state index is 0.0685. The van der Waals surface area contributed by atoms with E-state index in [0.717, 1.165) is 48.5 Å². The number of methoxy groups -OCH3 is 1. The second kappa shape index (κ2) is 6.63. The van der Waals surface area contributed by atoms with Crippen LogP contribution in [0.4, 0.5) is 0 Å². The molecule has 0 fully saturated rings. The Hall–Kier alpha value is -2.75. The highest BCUT2D eigenvalue weighted by Crippen LogP contribution is 2.37. The van der Waals surface area contributed by atoms with E-state index in [-0.39, 0.29) is 5.91 Å². The Kier molecular flexibility index (Phi) is 4.18. The molecule has 1 aliphatic heterocycles. The molecule has 0 spiro atoms. The Morgan fingerprint density at radius 2 is 1.96 bits per heavy atom. The van der Waals surface area contributed by atoms with Gasteiger partial charge in [-0.05, 0) is 36.1 Å². The minimum absolute atomic E-state index is 0.0685. The first-order chi connectivity index (χ1) is 12.3. The summed E-state index contributed by atoms with van der Waals surface area (Å²) in [6, 6.07) is 16.6. The summed E-state index contributed by atoms with van der Waals surface area (Å²) in [5.74, 6) is 0.899. The van der Waals surface area contributed by atoms with Crippen molar-refractivity contribution in [2.24, 2.45) is 0 Å². The van der Waals surface area contributed by atoms with Gasteiger partial charge in [-0.1, -0.05) is 36.4 Å². The number of nitrogens with zero attached hydrogens (tertiary/aromatic N) is 1. The number of hydrogen-bond acceptors (Lipinski definition) is 3. The van der Waals surface area contributed by atoms with Gasteiger partial charge in [0, 0.05) is 30.8 Å². The van der Waals surface area contributed by atoms with Gasteiger partial charge in [-0.3, -0.25) is 4.79 Å². The van der Waals surface area contributed by atoms with Crippen LogP contribution in [-0.4, -0.2) is 31.0 Å². The molecular formula is C21H22N2O2. The van der Waals surface area contributed by atoms with Gasteiger partial charge in [0.05, 0.1) is 12.8 Å². The standard InChI is InChI=1S/C21H22N2O2/c1-25-17-9-7-16-8-10-18-20(19(16)13-17)23(12-11-22-21(18)24)14-15-5-3-2-4-6-15/h2-7,9,13H,8,10-12,14H2,1H3,(H,22,24). The largest absolute Gasteiger partial charge is 0.497 e. The van der Waals surface area contributed by atoms with Crippen molar-refractivity contribution < 1.29 is 9.53 Å². The van der Waals surface area contributed by atoms with E-state index in [4.69, 9.17) is 4.74 Å². The second-order valence-corrected chi connectivity index (χ2v) is 6.51. The van der Waals surface area contributed by atoms with E-state index in [1.165, 1.54) is 11.1 Å². The van der Waals surface area contributed by atoms with Crippen molar-refractivity contribution in [1.82, 2.24) is 10.2 Å². The van der Waals surface area contributed by atoms with Crippen molar-refractivity contribution in [3.8, 4) is 5.75 Å². The molecule has 1 heterocycles. The van der Waals surface area contributed by atoms with Crippen LogP contribution in [0, 0.1) is 0 Å². The molecule has 1 N–H and O–H groups in total. The summed E-state index contributed by atoms with van der Waals surface area (Å²) in [6.07, 6.45) is 1.68. The third kappa shape index (κ3) is 3.00. The third-order valence-electron chi connectivity index (χ3n) is 4.98. The highest BCUT2D eigenvalue weighted by molar-refractivity contribution is 6.02. The molecule has 0 saturated carbocycles. The van der Waals surface area contributed by atoms with E-state index < -0.39 is 0 Å². The van der Waals surface area contributed by atoms with Crippen LogP contribution >= 0.6 is 0 Å². The molecule has 0 atom stereocenters. The number of carbonyl (C=O) groups excluding carboxylic acids is 1. The molecule has 128 valence electrons. The fraction of sp³-hybridized carbons (Fsp3) is 0.286. The highest BCUT2D eigenvalue weighted by Gasteiger charge is 2.29. The molecule has 2 aromatic rings. The number of rotatable bonds is 3. The van der Waals surface area contributed by atoms with E-state index in [2.05, 4.69) is 46.6 Å². The number of ether oxygens (including phenoxy) is 1. The van der Waals surface area contributed by atoms with Crippen molar-refractivity contribution in [2.75, 3.05) is 20.2 Å². The van der Waals surface area contributed by atoms with E-state index in [0.29, 0.717) is 6.54 Å². The van der Waals surface area contributed by atoms with Crippen molar-refractivity contribution in [3.05, 3.63) is 70.8 Å². The number of amides is 1. The molecule has 0 radical (unpaired) electrons. The van der Waals surface area contributed by atoms with Gasteiger partial charge < -0.3 is 15.0 Å². The Labute approximate surface area is 148 Å². The van der Waals surface area contributed by atoms with Crippen molar-refractivity contribution in [2.45, 2.75) is 19.4 Å². The number of benzene rings is 2. The Bertz CT molecular complexity index is 827. The predicted molar refractivity (Wildman–Crippen MR) is 98.1 cm³/mol. The lowest BCUT2D eigenvalue weighted by molar-refractivity contribution is -0.117. The van der Waals surface area contributed by atoms with Crippen LogP contribution in [0.3, 0.4) is 0 Å². The maximum atomic E-state index is 12.6. The van der Waals surface area contributed by atoms with Gasteiger partial charge in [0.25, 0.3) is 0 Å². The van der Waals surface area contributed by atoms with Gasteiger partial charge in [0.2, 0.25) is 5.91 Å². The van der Waals surface area contributed by atoms with Crippen molar-refractivity contribution >= 4 is 11.6 Å². The molecule has 1 amide bonds. The number of hydrogen-bond donors (Lipinski definition) is 1. The summed E-state index contributed by atoms with van der Waals surface area (Å²) in [5, 5.41) is 3.05. The molecule has 0 aromatic heterocycles. The zero-order valence-corrected chi connectivity index (χ0v) is 14.4. The lowest BCUT2D eigenvalue weighted by Crippen LogP contribution is -2.29. The molecule has 0 bridgehead atoms. The lowest BCUT2D eigenvalue weighted by atomic mass is 9.88. The highest BCUT2D eigenvalue weighted by atomic mass is 16.5. The van der Waals surface area contributed by atoms with E-state index >= 15 is 0 Å². The molecular weight excluding hydrogens is 312 g/mol. The van der Waals surface area contributed by atoms with Crippen molar-refractivity contribution in [3.63, 3.8) is 0 Å². The second-order valence-electron chi connectivity index (χ2n) is 6.51. The fourth-order valence-electron chi connectivity index (χ4n) is 3.73. The Morgan fingerprint density at radius 3 is 2.76 bits per heavy atom. The average molecular weight is 334 g/mol. The normalized spacial score (nSPS) is 16.7. The third-order valence-corrected chi connectivity index (χ3v) is 4.98. The summed E-state index contributed by atoms with van der Waals surface area (Å²) in [6.45, 7) is 2.26. The molecule has 0 saturated heterocycles. The summed E-state index contributed by atoms with van der Waals surface area (Å²) < 4.78 is 5.43. The van der Waals surface area contributed by atoms with Gasteiger partial charge in [0.15, 0.2) is 0 Å². The lowest BCUT2D eigenvalue weighted by Gasteiger charge is -2.31. The fourth-order valence-corrected chi connectivity index (χ4v) is 3.73. The maximum absolute atomic E-state index is 12.6. The molecule has 1 aliphatic carbocycles. The van der Waals surface area contributed by atoms with Gasteiger partial charge in [-0.15, -0.1) is 0 Å². The molecule has 2 aromatic carbocycles. The minimum Gasteiger partial charge on any atom is -0.497 e. The summed E-state index contributed by atoms with van der Waals surface area (Å²) in [5.41, 5.74) is 5.63. The number of fused-ring (bicyclic) bond motifs is 2.